The summed E-state index contributed by atoms with van der Waals surface area (Å²) in [6.45, 7) is 4.05. The average Bonchev–Trinajstić information content (AvgIpc) is 2.40. The van der Waals surface area contributed by atoms with Crippen LogP contribution < -0.4 is 5.73 Å². The standard InChI is InChI=1S/C17H20FN/c1-12-3-6-14(7-4-12)8-10-17(19)16-11-15(18)9-5-13(16)2/h3-7,9,11,17H,8,10,19H2,1-2H3. The molecule has 2 aromatic rings. The van der Waals surface area contributed by atoms with E-state index < -0.39 is 0 Å². The van der Waals surface area contributed by atoms with Gasteiger partial charge in [0, 0.05) is 6.04 Å². The quantitative estimate of drug-likeness (QED) is 0.877. The van der Waals surface area contributed by atoms with Crippen LogP contribution in [-0.2, 0) is 6.42 Å². The molecule has 0 spiro atoms. The van der Waals surface area contributed by atoms with Crippen LogP contribution in [0.4, 0.5) is 4.39 Å². The van der Waals surface area contributed by atoms with Crippen LogP contribution in [-0.4, -0.2) is 0 Å². The molecule has 0 aliphatic heterocycles. The Morgan fingerprint density at radius 2 is 1.74 bits per heavy atom. The van der Waals surface area contributed by atoms with Crippen LogP contribution in [0.15, 0.2) is 42.5 Å². The highest BCUT2D eigenvalue weighted by molar-refractivity contribution is 5.30. The minimum Gasteiger partial charge on any atom is -0.324 e. The first-order chi connectivity index (χ1) is 9.06. The molecule has 2 N–H and O–H groups in total. The lowest BCUT2D eigenvalue weighted by atomic mass is 9.96. The molecule has 0 aromatic heterocycles. The fourth-order valence-corrected chi connectivity index (χ4v) is 2.24. The van der Waals surface area contributed by atoms with E-state index in [4.69, 9.17) is 5.73 Å². The van der Waals surface area contributed by atoms with Gasteiger partial charge in [-0.2, -0.15) is 0 Å². The number of aryl methyl sites for hydroxylation is 3. The summed E-state index contributed by atoms with van der Waals surface area (Å²) in [5, 5.41) is 0. The lowest BCUT2D eigenvalue weighted by molar-refractivity contribution is 0.607. The summed E-state index contributed by atoms with van der Waals surface area (Å²) in [6, 6.07) is 13.2. The Hall–Kier alpha value is -1.67. The molecular formula is C17H20FN. The van der Waals surface area contributed by atoms with E-state index >= 15 is 0 Å². The topological polar surface area (TPSA) is 26.0 Å². The van der Waals surface area contributed by atoms with Crippen molar-refractivity contribution in [3.63, 3.8) is 0 Å². The molecule has 19 heavy (non-hydrogen) atoms. The zero-order valence-corrected chi connectivity index (χ0v) is 11.5. The smallest absolute Gasteiger partial charge is 0.123 e. The van der Waals surface area contributed by atoms with E-state index in [1.54, 1.807) is 12.1 Å². The first kappa shape index (κ1) is 13.8. The fourth-order valence-electron chi connectivity index (χ4n) is 2.24. The lowest BCUT2D eigenvalue weighted by Crippen LogP contribution is -2.13. The Morgan fingerprint density at radius 1 is 1.05 bits per heavy atom. The molecule has 0 aliphatic rings. The second-order valence-corrected chi connectivity index (χ2v) is 5.13. The van der Waals surface area contributed by atoms with Gasteiger partial charge in [-0.05, 0) is 55.5 Å². The van der Waals surface area contributed by atoms with Crippen LogP contribution in [0.1, 0.15) is 34.7 Å². The van der Waals surface area contributed by atoms with Crippen molar-refractivity contribution in [1.82, 2.24) is 0 Å². The second kappa shape index (κ2) is 5.98. The van der Waals surface area contributed by atoms with E-state index in [9.17, 15) is 4.39 Å². The summed E-state index contributed by atoms with van der Waals surface area (Å²) in [5.74, 6) is -0.216. The summed E-state index contributed by atoms with van der Waals surface area (Å²) in [5.41, 5.74) is 10.7. The molecule has 1 nitrogen and oxygen atoms in total. The molecule has 0 amide bonds. The van der Waals surface area contributed by atoms with E-state index in [2.05, 4.69) is 31.2 Å². The van der Waals surface area contributed by atoms with Crippen molar-refractivity contribution in [3.05, 3.63) is 70.5 Å². The summed E-state index contributed by atoms with van der Waals surface area (Å²) < 4.78 is 13.3. The molecule has 0 saturated heterocycles. The van der Waals surface area contributed by atoms with Gasteiger partial charge in [-0.15, -0.1) is 0 Å². The monoisotopic (exact) mass is 257 g/mol. The number of benzene rings is 2. The highest BCUT2D eigenvalue weighted by Gasteiger charge is 2.10. The van der Waals surface area contributed by atoms with Crippen LogP contribution in [0.5, 0.6) is 0 Å². The predicted octanol–water partition coefficient (Wildman–Crippen LogP) is 4.08. The van der Waals surface area contributed by atoms with Gasteiger partial charge >= 0.3 is 0 Å². The van der Waals surface area contributed by atoms with Crippen molar-refractivity contribution in [1.29, 1.82) is 0 Å². The molecule has 0 heterocycles. The average molecular weight is 257 g/mol. The predicted molar refractivity (Wildman–Crippen MR) is 77.6 cm³/mol. The van der Waals surface area contributed by atoms with Gasteiger partial charge in [-0.25, -0.2) is 4.39 Å². The minimum absolute atomic E-state index is 0.114. The van der Waals surface area contributed by atoms with Crippen molar-refractivity contribution in [2.75, 3.05) is 0 Å². The van der Waals surface area contributed by atoms with Gasteiger partial charge in [0.15, 0.2) is 0 Å². The lowest BCUT2D eigenvalue weighted by Gasteiger charge is -2.15. The van der Waals surface area contributed by atoms with Gasteiger partial charge < -0.3 is 5.73 Å². The fraction of sp³-hybridized carbons (Fsp3) is 0.294. The van der Waals surface area contributed by atoms with E-state index in [-0.39, 0.29) is 11.9 Å². The molecule has 2 heteroatoms. The minimum atomic E-state index is -0.216. The molecule has 0 saturated carbocycles. The van der Waals surface area contributed by atoms with Gasteiger partial charge in [0.1, 0.15) is 5.82 Å². The molecule has 2 rings (SSSR count). The van der Waals surface area contributed by atoms with Crippen LogP contribution in [0, 0.1) is 19.7 Å². The Balaban J connectivity index is 2.03. The molecule has 0 bridgehead atoms. The van der Waals surface area contributed by atoms with Gasteiger partial charge in [0.05, 0.1) is 0 Å². The SMILES string of the molecule is Cc1ccc(CCC(N)c2cc(F)ccc2C)cc1. The Bertz CT molecular complexity index is 546. The van der Waals surface area contributed by atoms with Crippen LogP contribution in [0.3, 0.4) is 0 Å². The van der Waals surface area contributed by atoms with Gasteiger partial charge in [0.2, 0.25) is 0 Å². The Kier molecular flexibility index (Phi) is 4.33. The highest BCUT2D eigenvalue weighted by Crippen LogP contribution is 2.21. The van der Waals surface area contributed by atoms with Crippen molar-refractivity contribution < 1.29 is 4.39 Å². The van der Waals surface area contributed by atoms with Crippen LogP contribution in [0.25, 0.3) is 0 Å². The molecule has 2 aromatic carbocycles. The first-order valence-corrected chi connectivity index (χ1v) is 6.63. The Morgan fingerprint density at radius 3 is 2.42 bits per heavy atom. The van der Waals surface area contributed by atoms with Crippen molar-refractivity contribution in [2.45, 2.75) is 32.7 Å². The number of nitrogens with two attached hydrogens (primary N) is 1. The van der Waals surface area contributed by atoms with Crippen molar-refractivity contribution in [3.8, 4) is 0 Å². The van der Waals surface area contributed by atoms with E-state index in [0.29, 0.717) is 0 Å². The van der Waals surface area contributed by atoms with Crippen LogP contribution >= 0.6 is 0 Å². The van der Waals surface area contributed by atoms with E-state index in [0.717, 1.165) is 24.0 Å². The molecule has 100 valence electrons. The van der Waals surface area contributed by atoms with Crippen molar-refractivity contribution >= 4 is 0 Å². The molecular weight excluding hydrogens is 237 g/mol. The first-order valence-electron chi connectivity index (χ1n) is 6.63. The third-order valence-corrected chi connectivity index (χ3v) is 3.51. The summed E-state index contributed by atoms with van der Waals surface area (Å²) in [4.78, 5) is 0. The Labute approximate surface area is 114 Å². The van der Waals surface area contributed by atoms with Crippen molar-refractivity contribution in [2.24, 2.45) is 5.73 Å². The molecule has 1 atom stereocenters. The summed E-state index contributed by atoms with van der Waals surface area (Å²) >= 11 is 0. The molecule has 1 unspecified atom stereocenters. The van der Waals surface area contributed by atoms with E-state index in [1.807, 2.05) is 6.92 Å². The van der Waals surface area contributed by atoms with Gasteiger partial charge in [0.25, 0.3) is 0 Å². The van der Waals surface area contributed by atoms with Crippen LogP contribution in [0.2, 0.25) is 0 Å². The van der Waals surface area contributed by atoms with E-state index in [1.165, 1.54) is 17.2 Å². The maximum atomic E-state index is 13.3. The number of hydrogen-bond acceptors (Lipinski definition) is 1. The molecule has 0 aliphatic carbocycles. The molecule has 0 radical (unpaired) electrons. The van der Waals surface area contributed by atoms with Gasteiger partial charge in [-0.3, -0.25) is 0 Å². The number of hydrogen-bond donors (Lipinski definition) is 1. The maximum Gasteiger partial charge on any atom is 0.123 e. The zero-order chi connectivity index (χ0) is 13.8. The number of halogens is 1. The third kappa shape index (κ3) is 3.65. The zero-order valence-electron chi connectivity index (χ0n) is 11.5. The molecule has 0 fully saturated rings. The summed E-state index contributed by atoms with van der Waals surface area (Å²) in [7, 11) is 0. The highest BCUT2D eigenvalue weighted by atomic mass is 19.1. The number of rotatable bonds is 4. The largest absolute Gasteiger partial charge is 0.324 e. The summed E-state index contributed by atoms with van der Waals surface area (Å²) in [6.07, 6.45) is 1.74. The normalized spacial score (nSPS) is 12.4. The van der Waals surface area contributed by atoms with Gasteiger partial charge in [-0.1, -0.05) is 35.9 Å². The third-order valence-electron chi connectivity index (χ3n) is 3.51. The maximum absolute atomic E-state index is 13.3. The second-order valence-electron chi connectivity index (χ2n) is 5.13.